The number of hydrogen-bond acceptors (Lipinski definition) is 3. The lowest BCUT2D eigenvalue weighted by molar-refractivity contribution is -0.156. The third-order valence-electron chi connectivity index (χ3n) is 4.78. The number of ether oxygens (including phenoxy) is 2. The van der Waals surface area contributed by atoms with E-state index in [2.05, 4.69) is 13.8 Å². The molecule has 0 amide bonds. The quantitative estimate of drug-likeness (QED) is 0.776. The van der Waals surface area contributed by atoms with Gasteiger partial charge >= 0.3 is 0 Å². The van der Waals surface area contributed by atoms with Gasteiger partial charge < -0.3 is 9.47 Å². The van der Waals surface area contributed by atoms with E-state index in [1.807, 2.05) is 0 Å². The molecule has 0 aromatic heterocycles. The molecule has 1 aliphatic carbocycles. The van der Waals surface area contributed by atoms with Crippen molar-refractivity contribution in [2.24, 2.45) is 11.3 Å². The minimum absolute atomic E-state index is 0.0555. The Balaban J connectivity index is 2.05. The van der Waals surface area contributed by atoms with Gasteiger partial charge in [0, 0.05) is 19.6 Å². The third-order valence-corrected chi connectivity index (χ3v) is 4.78. The average molecular weight is 254 g/mol. The van der Waals surface area contributed by atoms with Crippen molar-refractivity contribution in [1.82, 2.24) is 0 Å². The van der Waals surface area contributed by atoms with Gasteiger partial charge in [-0.15, -0.1) is 0 Å². The predicted molar refractivity (Wildman–Crippen MR) is 70.5 cm³/mol. The van der Waals surface area contributed by atoms with E-state index >= 15 is 0 Å². The summed E-state index contributed by atoms with van der Waals surface area (Å²) in [6.45, 7) is 5.95. The van der Waals surface area contributed by atoms with E-state index in [9.17, 15) is 4.79 Å². The van der Waals surface area contributed by atoms with E-state index in [4.69, 9.17) is 9.47 Å². The highest BCUT2D eigenvalue weighted by molar-refractivity contribution is 5.89. The molecule has 3 nitrogen and oxygen atoms in total. The molecule has 2 fully saturated rings. The smallest absolute Gasteiger partial charge is 0.169 e. The summed E-state index contributed by atoms with van der Waals surface area (Å²) in [5.74, 6) is 0.347. The second kappa shape index (κ2) is 5.30. The van der Waals surface area contributed by atoms with Crippen LogP contribution in [0.4, 0.5) is 0 Å². The van der Waals surface area contributed by atoms with Crippen molar-refractivity contribution < 1.29 is 14.3 Å². The van der Waals surface area contributed by atoms with E-state index in [1.54, 1.807) is 7.11 Å². The largest absolute Gasteiger partial charge is 0.381 e. The Morgan fingerprint density at radius 1 is 1.22 bits per heavy atom. The minimum Gasteiger partial charge on any atom is -0.381 e. The Bertz CT molecular complexity index is 293. The lowest BCUT2D eigenvalue weighted by atomic mass is 9.67. The Labute approximate surface area is 110 Å². The number of rotatable bonds is 3. The van der Waals surface area contributed by atoms with E-state index in [0.717, 1.165) is 45.1 Å². The highest BCUT2D eigenvalue weighted by atomic mass is 16.5. The van der Waals surface area contributed by atoms with Crippen molar-refractivity contribution in [2.45, 2.75) is 58.0 Å². The topological polar surface area (TPSA) is 35.5 Å². The lowest BCUT2D eigenvalue weighted by Gasteiger charge is -2.43. The molecular formula is C15H26O3. The van der Waals surface area contributed by atoms with Gasteiger partial charge in [0.25, 0.3) is 0 Å². The second-order valence-corrected chi connectivity index (χ2v) is 6.64. The number of hydrogen-bond donors (Lipinski definition) is 0. The van der Waals surface area contributed by atoms with Crippen LogP contribution in [-0.2, 0) is 14.3 Å². The molecule has 0 aromatic rings. The SMILES string of the molecule is COC1(C(=O)C2CCCOC2)CCC(C)(C)CC1. The van der Waals surface area contributed by atoms with Crippen molar-refractivity contribution in [2.75, 3.05) is 20.3 Å². The van der Waals surface area contributed by atoms with Crippen LogP contribution >= 0.6 is 0 Å². The maximum Gasteiger partial charge on any atom is 0.169 e. The molecule has 0 bridgehead atoms. The molecule has 1 heterocycles. The lowest BCUT2D eigenvalue weighted by Crippen LogP contribution is -2.49. The fourth-order valence-electron chi connectivity index (χ4n) is 3.20. The van der Waals surface area contributed by atoms with Gasteiger partial charge in [0.1, 0.15) is 5.60 Å². The molecule has 0 aromatic carbocycles. The van der Waals surface area contributed by atoms with Gasteiger partial charge in [0.2, 0.25) is 0 Å². The van der Waals surface area contributed by atoms with Gasteiger partial charge in [-0.3, -0.25) is 4.79 Å². The molecule has 3 heteroatoms. The molecule has 2 aliphatic rings. The molecule has 0 spiro atoms. The highest BCUT2D eigenvalue weighted by Crippen LogP contribution is 2.43. The number of Topliss-reactive ketones (excluding diaryl/α,β-unsaturated/α-hetero) is 1. The summed E-state index contributed by atoms with van der Waals surface area (Å²) in [7, 11) is 1.69. The summed E-state index contributed by atoms with van der Waals surface area (Å²) >= 11 is 0. The third kappa shape index (κ3) is 2.77. The predicted octanol–water partition coefficient (Wildman–Crippen LogP) is 2.97. The molecule has 0 N–H and O–H groups in total. The average Bonchev–Trinajstić information content (AvgIpc) is 2.40. The standard InChI is InChI=1S/C15H26O3/c1-14(2)6-8-15(17-3,9-7-14)13(16)12-5-4-10-18-11-12/h12H,4-11H2,1-3H3. The molecule has 1 atom stereocenters. The Hall–Kier alpha value is -0.410. The van der Waals surface area contributed by atoms with E-state index in [0.29, 0.717) is 17.8 Å². The van der Waals surface area contributed by atoms with Crippen LogP contribution in [0.1, 0.15) is 52.4 Å². The van der Waals surface area contributed by atoms with Gasteiger partial charge in [-0.1, -0.05) is 13.8 Å². The molecule has 0 radical (unpaired) electrons. The minimum atomic E-state index is -0.527. The fourth-order valence-corrected chi connectivity index (χ4v) is 3.20. The summed E-state index contributed by atoms with van der Waals surface area (Å²) in [5.41, 5.74) is -0.174. The van der Waals surface area contributed by atoms with Crippen LogP contribution in [0.5, 0.6) is 0 Å². The first-order valence-corrected chi connectivity index (χ1v) is 7.16. The molecule has 1 aliphatic heterocycles. The maximum absolute atomic E-state index is 12.7. The number of ketones is 1. The van der Waals surface area contributed by atoms with Crippen LogP contribution in [0.3, 0.4) is 0 Å². The molecule has 1 unspecified atom stereocenters. The summed E-state index contributed by atoms with van der Waals surface area (Å²) in [6, 6.07) is 0. The zero-order chi connectivity index (χ0) is 13.2. The van der Waals surface area contributed by atoms with Gasteiger partial charge in [-0.25, -0.2) is 0 Å². The maximum atomic E-state index is 12.7. The Morgan fingerprint density at radius 2 is 1.89 bits per heavy atom. The number of carbonyl (C=O) groups is 1. The van der Waals surface area contributed by atoms with Crippen molar-refractivity contribution >= 4 is 5.78 Å². The monoisotopic (exact) mass is 254 g/mol. The van der Waals surface area contributed by atoms with Gasteiger partial charge in [-0.2, -0.15) is 0 Å². The Kier molecular flexibility index (Phi) is 4.12. The van der Waals surface area contributed by atoms with E-state index < -0.39 is 5.60 Å². The van der Waals surface area contributed by atoms with E-state index in [1.165, 1.54) is 0 Å². The van der Waals surface area contributed by atoms with Gasteiger partial charge in [0.15, 0.2) is 5.78 Å². The van der Waals surface area contributed by atoms with Crippen LogP contribution < -0.4 is 0 Å². The Morgan fingerprint density at radius 3 is 2.39 bits per heavy atom. The van der Waals surface area contributed by atoms with Crippen molar-refractivity contribution in [3.8, 4) is 0 Å². The highest BCUT2D eigenvalue weighted by Gasteiger charge is 2.46. The zero-order valence-corrected chi connectivity index (χ0v) is 12.0. The molecule has 1 saturated heterocycles. The van der Waals surface area contributed by atoms with Crippen LogP contribution in [0.15, 0.2) is 0 Å². The summed E-state index contributed by atoms with van der Waals surface area (Å²) < 4.78 is 11.1. The van der Waals surface area contributed by atoms with Crippen molar-refractivity contribution in [1.29, 1.82) is 0 Å². The molecule has 18 heavy (non-hydrogen) atoms. The van der Waals surface area contributed by atoms with Crippen LogP contribution in [-0.4, -0.2) is 31.7 Å². The number of methoxy groups -OCH3 is 1. The molecular weight excluding hydrogens is 228 g/mol. The number of carbonyl (C=O) groups excluding carboxylic acids is 1. The molecule has 2 rings (SSSR count). The van der Waals surface area contributed by atoms with Crippen LogP contribution in [0.25, 0.3) is 0 Å². The zero-order valence-electron chi connectivity index (χ0n) is 12.0. The normalized spacial score (nSPS) is 30.9. The second-order valence-electron chi connectivity index (χ2n) is 6.64. The fraction of sp³-hybridized carbons (Fsp3) is 0.933. The van der Waals surface area contributed by atoms with E-state index in [-0.39, 0.29) is 5.92 Å². The molecule has 104 valence electrons. The van der Waals surface area contributed by atoms with Gasteiger partial charge in [0.05, 0.1) is 6.61 Å². The van der Waals surface area contributed by atoms with Crippen LogP contribution in [0.2, 0.25) is 0 Å². The first kappa shape index (κ1) is 14.0. The first-order chi connectivity index (χ1) is 8.49. The van der Waals surface area contributed by atoms with Crippen molar-refractivity contribution in [3.05, 3.63) is 0 Å². The molecule has 1 saturated carbocycles. The summed E-state index contributed by atoms with van der Waals surface area (Å²) in [4.78, 5) is 12.7. The van der Waals surface area contributed by atoms with Crippen LogP contribution in [0, 0.1) is 11.3 Å². The van der Waals surface area contributed by atoms with Gasteiger partial charge in [-0.05, 0) is 43.9 Å². The van der Waals surface area contributed by atoms with Crippen molar-refractivity contribution in [3.63, 3.8) is 0 Å². The first-order valence-electron chi connectivity index (χ1n) is 7.16. The summed E-state index contributed by atoms with van der Waals surface area (Å²) in [5, 5.41) is 0. The summed E-state index contributed by atoms with van der Waals surface area (Å²) in [6.07, 6.45) is 5.84.